The minimum Gasteiger partial charge on any atom is -0.470 e. The standard InChI is InChI=1S/C9H13N5O/c1-9(2,3)15-7-5-6(12-4-11-5)13-8(10)14-7/h4H,1-3H3,(H3,10,11,12,13,14). The Morgan fingerprint density at radius 2 is 2.07 bits per heavy atom. The molecule has 80 valence electrons. The average Bonchev–Trinajstić information content (AvgIpc) is 2.48. The van der Waals surface area contributed by atoms with Gasteiger partial charge in [0, 0.05) is 0 Å². The summed E-state index contributed by atoms with van der Waals surface area (Å²) in [6, 6.07) is 0. The molecule has 2 heterocycles. The van der Waals surface area contributed by atoms with Crippen LogP contribution in [0.15, 0.2) is 6.33 Å². The maximum Gasteiger partial charge on any atom is 0.245 e. The topological polar surface area (TPSA) is 89.7 Å². The fourth-order valence-corrected chi connectivity index (χ4v) is 1.19. The van der Waals surface area contributed by atoms with Gasteiger partial charge in [0.25, 0.3) is 0 Å². The molecule has 0 unspecified atom stereocenters. The van der Waals surface area contributed by atoms with E-state index in [4.69, 9.17) is 10.5 Å². The summed E-state index contributed by atoms with van der Waals surface area (Å²) in [5.74, 6) is 0.594. The number of rotatable bonds is 1. The number of nitrogens with zero attached hydrogens (tertiary/aromatic N) is 3. The van der Waals surface area contributed by atoms with E-state index in [1.165, 1.54) is 6.33 Å². The third kappa shape index (κ3) is 1.98. The quantitative estimate of drug-likeness (QED) is 0.731. The van der Waals surface area contributed by atoms with E-state index in [2.05, 4.69) is 19.9 Å². The Bertz CT molecular complexity index is 485. The molecule has 0 spiro atoms. The number of H-pyrrole nitrogens is 1. The number of hydrogen-bond donors (Lipinski definition) is 2. The second-order valence-electron chi connectivity index (χ2n) is 4.20. The SMILES string of the molecule is CC(C)(C)Oc1nc(N)nc2nc[nH]c12. The molecule has 6 nitrogen and oxygen atoms in total. The molecule has 0 saturated heterocycles. The minimum atomic E-state index is -0.334. The number of fused-ring (bicyclic) bond motifs is 1. The van der Waals surface area contributed by atoms with Crippen molar-refractivity contribution in [2.24, 2.45) is 0 Å². The highest BCUT2D eigenvalue weighted by molar-refractivity contribution is 5.76. The van der Waals surface area contributed by atoms with E-state index in [1.807, 2.05) is 20.8 Å². The van der Waals surface area contributed by atoms with Gasteiger partial charge in [-0.15, -0.1) is 0 Å². The molecule has 2 rings (SSSR count). The first-order chi connectivity index (χ1) is 6.96. The summed E-state index contributed by atoms with van der Waals surface area (Å²) >= 11 is 0. The molecular formula is C9H13N5O. The van der Waals surface area contributed by atoms with Crippen molar-refractivity contribution in [2.45, 2.75) is 26.4 Å². The normalized spacial score (nSPS) is 11.9. The molecule has 3 N–H and O–H groups in total. The van der Waals surface area contributed by atoms with Gasteiger partial charge in [0.2, 0.25) is 11.8 Å². The molecular weight excluding hydrogens is 194 g/mol. The molecule has 0 aliphatic heterocycles. The minimum absolute atomic E-state index is 0.161. The third-order valence-corrected chi connectivity index (χ3v) is 1.67. The number of nitrogens with one attached hydrogen (secondary N) is 1. The third-order valence-electron chi connectivity index (χ3n) is 1.67. The lowest BCUT2D eigenvalue weighted by Crippen LogP contribution is -2.24. The first-order valence-electron chi connectivity index (χ1n) is 4.61. The molecule has 0 fully saturated rings. The smallest absolute Gasteiger partial charge is 0.245 e. The van der Waals surface area contributed by atoms with E-state index in [-0.39, 0.29) is 11.5 Å². The van der Waals surface area contributed by atoms with E-state index in [0.717, 1.165) is 0 Å². The molecule has 0 aliphatic rings. The number of imidazole rings is 1. The Morgan fingerprint density at radius 3 is 2.73 bits per heavy atom. The predicted octanol–water partition coefficient (Wildman–Crippen LogP) is 1.11. The van der Waals surface area contributed by atoms with Gasteiger partial charge in [-0.2, -0.15) is 9.97 Å². The van der Waals surface area contributed by atoms with Gasteiger partial charge in [0.1, 0.15) is 11.1 Å². The lowest BCUT2D eigenvalue weighted by Gasteiger charge is -2.20. The second-order valence-corrected chi connectivity index (χ2v) is 4.20. The fourth-order valence-electron chi connectivity index (χ4n) is 1.19. The highest BCUT2D eigenvalue weighted by Gasteiger charge is 2.17. The zero-order valence-corrected chi connectivity index (χ0v) is 8.90. The Balaban J connectivity index is 2.53. The number of aromatic amines is 1. The zero-order valence-electron chi connectivity index (χ0n) is 8.90. The summed E-state index contributed by atoms with van der Waals surface area (Å²) in [4.78, 5) is 14.9. The van der Waals surface area contributed by atoms with Gasteiger partial charge in [0.05, 0.1) is 6.33 Å². The summed E-state index contributed by atoms with van der Waals surface area (Å²) in [5, 5.41) is 0. The number of hydrogen-bond acceptors (Lipinski definition) is 5. The van der Waals surface area contributed by atoms with Crippen LogP contribution in [0.1, 0.15) is 20.8 Å². The van der Waals surface area contributed by atoms with Crippen LogP contribution in [0.3, 0.4) is 0 Å². The monoisotopic (exact) mass is 207 g/mol. The largest absolute Gasteiger partial charge is 0.470 e. The first-order valence-corrected chi connectivity index (χ1v) is 4.61. The molecule has 2 aromatic heterocycles. The van der Waals surface area contributed by atoms with Crippen molar-refractivity contribution in [2.75, 3.05) is 5.73 Å². The van der Waals surface area contributed by atoms with Crippen molar-refractivity contribution in [3.8, 4) is 5.88 Å². The van der Waals surface area contributed by atoms with Crippen LogP contribution in [-0.4, -0.2) is 25.5 Å². The summed E-state index contributed by atoms with van der Waals surface area (Å²) in [7, 11) is 0. The van der Waals surface area contributed by atoms with Gasteiger partial charge in [0.15, 0.2) is 5.65 Å². The lowest BCUT2D eigenvalue weighted by molar-refractivity contribution is 0.126. The van der Waals surface area contributed by atoms with Crippen LogP contribution in [0.4, 0.5) is 5.95 Å². The van der Waals surface area contributed by atoms with Crippen LogP contribution in [0, 0.1) is 0 Å². The van der Waals surface area contributed by atoms with E-state index in [1.54, 1.807) is 0 Å². The molecule has 2 aromatic rings. The number of nitrogens with two attached hydrogens (primary N) is 1. The molecule has 0 radical (unpaired) electrons. The van der Waals surface area contributed by atoms with Crippen molar-refractivity contribution < 1.29 is 4.74 Å². The van der Waals surface area contributed by atoms with Crippen LogP contribution < -0.4 is 10.5 Å². The van der Waals surface area contributed by atoms with E-state index in [9.17, 15) is 0 Å². The van der Waals surface area contributed by atoms with Gasteiger partial charge in [-0.25, -0.2) is 4.98 Å². The Morgan fingerprint density at radius 1 is 1.33 bits per heavy atom. The predicted molar refractivity (Wildman–Crippen MR) is 56.5 cm³/mol. The molecule has 0 aromatic carbocycles. The summed E-state index contributed by atoms with van der Waals surface area (Å²) in [6.45, 7) is 5.81. The number of aromatic nitrogens is 4. The van der Waals surface area contributed by atoms with Gasteiger partial charge < -0.3 is 15.5 Å². The Kier molecular flexibility index (Phi) is 1.99. The highest BCUT2D eigenvalue weighted by Crippen LogP contribution is 2.23. The van der Waals surface area contributed by atoms with Crippen molar-refractivity contribution in [3.63, 3.8) is 0 Å². The van der Waals surface area contributed by atoms with Crippen LogP contribution in [-0.2, 0) is 0 Å². The van der Waals surface area contributed by atoms with Gasteiger partial charge >= 0.3 is 0 Å². The van der Waals surface area contributed by atoms with Gasteiger partial charge in [-0.1, -0.05) is 0 Å². The van der Waals surface area contributed by atoms with Gasteiger partial charge in [-0.05, 0) is 20.8 Å². The Labute approximate surface area is 86.9 Å². The number of ether oxygens (including phenoxy) is 1. The first kappa shape index (κ1) is 9.70. The molecule has 0 amide bonds. The van der Waals surface area contributed by atoms with Gasteiger partial charge in [-0.3, -0.25) is 0 Å². The van der Waals surface area contributed by atoms with E-state index >= 15 is 0 Å². The van der Waals surface area contributed by atoms with Crippen LogP contribution >= 0.6 is 0 Å². The van der Waals surface area contributed by atoms with Crippen molar-refractivity contribution in [1.29, 1.82) is 0 Å². The molecule has 0 aliphatic carbocycles. The fraction of sp³-hybridized carbons (Fsp3) is 0.444. The molecule has 6 heteroatoms. The van der Waals surface area contributed by atoms with Crippen molar-refractivity contribution in [1.82, 2.24) is 19.9 Å². The second kappa shape index (κ2) is 3.08. The number of nitrogen functional groups attached to an aromatic ring is 1. The molecule has 0 bridgehead atoms. The van der Waals surface area contributed by atoms with Crippen LogP contribution in [0.2, 0.25) is 0 Å². The van der Waals surface area contributed by atoms with E-state index in [0.29, 0.717) is 17.0 Å². The Hall–Kier alpha value is -1.85. The molecule has 0 atom stereocenters. The number of anilines is 1. The van der Waals surface area contributed by atoms with Crippen LogP contribution in [0.5, 0.6) is 5.88 Å². The maximum absolute atomic E-state index is 5.65. The zero-order chi connectivity index (χ0) is 11.1. The molecule has 0 saturated carbocycles. The summed E-state index contributed by atoms with van der Waals surface area (Å²) in [6.07, 6.45) is 1.54. The molecule has 15 heavy (non-hydrogen) atoms. The lowest BCUT2D eigenvalue weighted by atomic mass is 10.2. The van der Waals surface area contributed by atoms with Crippen molar-refractivity contribution in [3.05, 3.63) is 6.33 Å². The maximum atomic E-state index is 5.65. The highest BCUT2D eigenvalue weighted by atomic mass is 16.5. The average molecular weight is 207 g/mol. The van der Waals surface area contributed by atoms with E-state index < -0.39 is 0 Å². The van der Waals surface area contributed by atoms with Crippen molar-refractivity contribution >= 4 is 17.1 Å². The summed E-state index contributed by atoms with van der Waals surface area (Å²) in [5.41, 5.74) is 6.39. The van der Waals surface area contributed by atoms with Crippen LogP contribution in [0.25, 0.3) is 11.2 Å². The summed E-state index contributed by atoms with van der Waals surface area (Å²) < 4.78 is 5.65.